The molecular weight excluding hydrogens is 751 g/mol. The fourth-order valence-electron chi connectivity index (χ4n) is 7.20. The Balaban J connectivity index is 1.54. The Kier molecular flexibility index (Phi) is 13.6. The van der Waals surface area contributed by atoms with E-state index in [0.29, 0.717) is 42.2 Å². The number of sulfone groups is 1. The molecule has 4 aromatic carbocycles. The van der Waals surface area contributed by atoms with Gasteiger partial charge in [0.15, 0.2) is 9.84 Å². The summed E-state index contributed by atoms with van der Waals surface area (Å²) < 4.78 is 72.2. The van der Waals surface area contributed by atoms with Crippen LogP contribution in [0.15, 0.2) is 77.7 Å². The van der Waals surface area contributed by atoms with Gasteiger partial charge in [0.25, 0.3) is 10.0 Å². The molecule has 1 aliphatic rings. The third kappa shape index (κ3) is 10.3. The summed E-state index contributed by atoms with van der Waals surface area (Å²) in [6, 6.07) is 22.1. The Morgan fingerprint density at radius 1 is 0.893 bits per heavy atom. The van der Waals surface area contributed by atoms with E-state index in [1.165, 1.54) is 4.31 Å². The van der Waals surface area contributed by atoms with Crippen LogP contribution in [-0.2, 0) is 48.8 Å². The van der Waals surface area contributed by atoms with Crippen LogP contribution in [-0.4, -0.2) is 64.3 Å². The molecule has 12 heteroatoms. The van der Waals surface area contributed by atoms with Crippen molar-refractivity contribution < 1.29 is 40.9 Å². The van der Waals surface area contributed by atoms with Gasteiger partial charge in [0.2, 0.25) is 0 Å². The topological polar surface area (TPSA) is 137 Å². The summed E-state index contributed by atoms with van der Waals surface area (Å²) in [4.78, 5) is 12.4. The van der Waals surface area contributed by atoms with Crippen LogP contribution in [0.4, 0.5) is 5.69 Å². The molecule has 4 aromatic rings. The quantitative estimate of drug-likeness (QED) is 0.112. The van der Waals surface area contributed by atoms with Crippen LogP contribution in [0.1, 0.15) is 80.3 Å². The van der Waals surface area contributed by atoms with Crippen molar-refractivity contribution in [2.45, 2.75) is 104 Å². The lowest BCUT2D eigenvalue weighted by Crippen LogP contribution is -2.43. The minimum absolute atomic E-state index is 0.0186. The molecule has 56 heavy (non-hydrogen) atoms. The minimum atomic E-state index is -4.05. The molecule has 0 atom stereocenters. The number of sulfonamides is 1. The van der Waals surface area contributed by atoms with Gasteiger partial charge in [-0.05, 0) is 149 Å². The van der Waals surface area contributed by atoms with Crippen molar-refractivity contribution in [3.63, 3.8) is 0 Å². The Morgan fingerprint density at radius 2 is 1.57 bits per heavy atom. The van der Waals surface area contributed by atoms with Gasteiger partial charge < -0.3 is 19.3 Å². The van der Waals surface area contributed by atoms with Gasteiger partial charge in [-0.3, -0.25) is 9.10 Å². The Labute approximate surface area is 332 Å². The zero-order valence-electron chi connectivity index (χ0n) is 33.6. The van der Waals surface area contributed by atoms with Gasteiger partial charge in [0.05, 0.1) is 41.3 Å². The number of carbonyl (C=O) groups excluding carboxylic acids is 1. The highest BCUT2D eigenvalue weighted by atomic mass is 32.2. The Bertz CT molecular complexity index is 2230. The summed E-state index contributed by atoms with van der Waals surface area (Å²) in [5, 5.41) is 11.0. The van der Waals surface area contributed by atoms with E-state index in [1.54, 1.807) is 32.0 Å². The Morgan fingerprint density at radius 3 is 2.20 bits per heavy atom. The van der Waals surface area contributed by atoms with Crippen molar-refractivity contribution in [1.29, 1.82) is 0 Å². The number of benzene rings is 4. The van der Waals surface area contributed by atoms with Crippen LogP contribution < -0.4 is 13.8 Å². The van der Waals surface area contributed by atoms with E-state index >= 15 is 0 Å². The number of ether oxygens (including phenoxy) is 3. The van der Waals surface area contributed by atoms with Crippen LogP contribution >= 0.6 is 0 Å². The molecule has 1 N–H and O–H groups in total. The SMILES string of the molecule is CCOC(=O)CCc1ccc(N(Cc2ccc(OC(C)C)c(-c3c(C)cc(OCC4(O)CCS(=O)(=O)CC4)cc3C)c2)S(=O)(=O)c2ccccc2C)cc1CC. The molecular formula is C44H55NO9S2. The van der Waals surface area contributed by atoms with Crippen LogP contribution in [0, 0.1) is 20.8 Å². The van der Waals surface area contributed by atoms with Crippen LogP contribution in [0.5, 0.6) is 11.5 Å². The molecule has 0 aliphatic carbocycles. The van der Waals surface area contributed by atoms with Gasteiger partial charge in [0.1, 0.15) is 23.7 Å². The Hall–Kier alpha value is -4.39. The highest BCUT2D eigenvalue weighted by Crippen LogP contribution is 2.40. The monoisotopic (exact) mass is 805 g/mol. The number of carbonyl (C=O) groups is 1. The average molecular weight is 806 g/mol. The molecule has 0 unspecified atom stereocenters. The van der Waals surface area contributed by atoms with Gasteiger partial charge in [0, 0.05) is 12.0 Å². The maximum absolute atomic E-state index is 14.7. The second kappa shape index (κ2) is 17.8. The van der Waals surface area contributed by atoms with Crippen LogP contribution in [0.25, 0.3) is 11.1 Å². The largest absolute Gasteiger partial charge is 0.491 e. The zero-order valence-corrected chi connectivity index (χ0v) is 35.2. The number of hydrogen-bond acceptors (Lipinski definition) is 9. The summed E-state index contributed by atoms with van der Waals surface area (Å²) in [7, 11) is -7.19. The highest BCUT2D eigenvalue weighted by molar-refractivity contribution is 7.93. The minimum Gasteiger partial charge on any atom is -0.491 e. The lowest BCUT2D eigenvalue weighted by Gasteiger charge is -2.31. The molecule has 0 bridgehead atoms. The van der Waals surface area contributed by atoms with Crippen molar-refractivity contribution in [1.82, 2.24) is 0 Å². The number of esters is 1. The highest BCUT2D eigenvalue weighted by Gasteiger charge is 2.36. The first-order valence-electron chi connectivity index (χ1n) is 19.3. The summed E-state index contributed by atoms with van der Waals surface area (Å²) in [6.07, 6.45) is 1.50. The molecule has 0 spiro atoms. The second-order valence-corrected chi connectivity index (χ2v) is 19.1. The molecule has 0 aromatic heterocycles. The van der Waals surface area contributed by atoms with E-state index in [1.807, 2.05) is 89.2 Å². The predicted octanol–water partition coefficient (Wildman–Crippen LogP) is 7.84. The first-order valence-corrected chi connectivity index (χ1v) is 22.5. The standard InChI is InChI=1S/C44H55NO9S2/c1-8-35-27-37(17-15-36(35)16-19-42(46)52-9-2)45(56(50,51)41-13-11-10-12-31(41)5)28-34-14-18-40(54-30(3)4)39(26-34)43-32(6)24-38(25-33(43)7)53-29-44(47)20-22-55(48,49)23-21-44/h10-15,17-18,24-27,30,47H,8-9,16,19-23,28-29H2,1-7H3. The maximum Gasteiger partial charge on any atom is 0.306 e. The molecule has 10 nitrogen and oxygen atoms in total. The smallest absolute Gasteiger partial charge is 0.306 e. The van der Waals surface area contributed by atoms with E-state index in [-0.39, 0.29) is 60.9 Å². The van der Waals surface area contributed by atoms with Crippen LogP contribution in [0.2, 0.25) is 0 Å². The number of rotatable bonds is 16. The van der Waals surface area contributed by atoms with Gasteiger partial charge in [-0.1, -0.05) is 37.3 Å². The number of aliphatic hydroxyl groups is 1. The molecule has 302 valence electrons. The fourth-order valence-corrected chi connectivity index (χ4v) is 10.5. The average Bonchev–Trinajstić information content (AvgIpc) is 3.14. The van der Waals surface area contributed by atoms with Crippen molar-refractivity contribution in [3.05, 3.63) is 106 Å². The van der Waals surface area contributed by atoms with Crippen molar-refractivity contribution in [3.8, 4) is 22.6 Å². The second-order valence-electron chi connectivity index (χ2n) is 15.0. The summed E-state index contributed by atoms with van der Waals surface area (Å²) >= 11 is 0. The molecule has 5 rings (SSSR count). The fraction of sp³-hybridized carbons (Fsp3) is 0.432. The molecule has 1 fully saturated rings. The normalized spacial score (nSPS) is 15.0. The lowest BCUT2D eigenvalue weighted by atomic mass is 9.93. The number of aryl methyl sites for hydroxylation is 5. The van der Waals surface area contributed by atoms with E-state index in [2.05, 4.69) is 0 Å². The van der Waals surface area contributed by atoms with Crippen LogP contribution in [0.3, 0.4) is 0 Å². The number of hydrogen-bond donors (Lipinski definition) is 1. The van der Waals surface area contributed by atoms with Crippen molar-refractivity contribution in [2.75, 3.05) is 29.0 Å². The lowest BCUT2D eigenvalue weighted by molar-refractivity contribution is -0.143. The van der Waals surface area contributed by atoms with E-state index in [0.717, 1.165) is 38.9 Å². The van der Waals surface area contributed by atoms with Crippen molar-refractivity contribution >= 4 is 31.5 Å². The summed E-state index contributed by atoms with van der Waals surface area (Å²) in [6.45, 7) is 13.7. The molecule has 1 heterocycles. The summed E-state index contributed by atoms with van der Waals surface area (Å²) in [5.41, 5.74) is 6.07. The van der Waals surface area contributed by atoms with Crippen molar-refractivity contribution in [2.24, 2.45) is 0 Å². The third-order valence-electron chi connectivity index (χ3n) is 10.2. The van der Waals surface area contributed by atoms with E-state index < -0.39 is 25.5 Å². The third-order valence-corrected chi connectivity index (χ3v) is 13.8. The maximum atomic E-state index is 14.7. The van der Waals surface area contributed by atoms with Gasteiger partial charge in [-0.15, -0.1) is 0 Å². The summed E-state index contributed by atoms with van der Waals surface area (Å²) in [5.74, 6) is 0.804. The number of anilines is 1. The molecule has 1 aliphatic heterocycles. The predicted molar refractivity (Wildman–Crippen MR) is 221 cm³/mol. The van der Waals surface area contributed by atoms with Gasteiger partial charge in [-0.25, -0.2) is 16.8 Å². The number of nitrogens with zero attached hydrogens (tertiary/aromatic N) is 1. The first kappa shape index (κ1) is 42.7. The molecule has 0 amide bonds. The molecule has 0 saturated carbocycles. The first-order chi connectivity index (χ1) is 26.4. The van der Waals surface area contributed by atoms with Gasteiger partial charge >= 0.3 is 5.97 Å². The van der Waals surface area contributed by atoms with E-state index in [4.69, 9.17) is 14.2 Å². The zero-order chi connectivity index (χ0) is 40.8. The molecule has 1 saturated heterocycles. The van der Waals surface area contributed by atoms with Gasteiger partial charge in [-0.2, -0.15) is 0 Å². The van der Waals surface area contributed by atoms with E-state index in [9.17, 15) is 26.7 Å². The molecule has 0 radical (unpaired) electrons.